The van der Waals surface area contributed by atoms with E-state index in [0.717, 1.165) is 36.0 Å². The molecule has 0 radical (unpaired) electrons. The third kappa shape index (κ3) is 7.97. The molecule has 38 heavy (non-hydrogen) atoms. The average Bonchev–Trinajstić information content (AvgIpc) is 3.02. The molecule has 1 fully saturated rings. The highest BCUT2D eigenvalue weighted by molar-refractivity contribution is 6.36. The van der Waals surface area contributed by atoms with Crippen molar-refractivity contribution in [3.8, 4) is 11.1 Å². The van der Waals surface area contributed by atoms with Crippen molar-refractivity contribution in [2.75, 3.05) is 6.54 Å². The number of nitrogens with zero attached hydrogens (tertiary/aromatic N) is 1. The number of nitrogens with one attached hydrogen (secondary N) is 1. The lowest BCUT2D eigenvalue weighted by atomic mass is 9.81. The van der Waals surface area contributed by atoms with Gasteiger partial charge in [-0.05, 0) is 67.3 Å². The van der Waals surface area contributed by atoms with E-state index in [1.807, 2.05) is 56.0 Å². The molecule has 2 aromatic rings. The van der Waals surface area contributed by atoms with Crippen molar-refractivity contribution >= 4 is 40.9 Å². The summed E-state index contributed by atoms with van der Waals surface area (Å²) >= 11 is 12.5. The molecule has 6 nitrogen and oxygen atoms in total. The Morgan fingerprint density at radius 1 is 1.11 bits per heavy atom. The number of likely N-dealkylation sites (tertiary alicyclic amines) is 1. The Labute approximate surface area is 236 Å². The Kier molecular flexibility index (Phi) is 11.0. The maximum atomic E-state index is 13.6. The zero-order valence-electron chi connectivity index (χ0n) is 22.5. The maximum absolute atomic E-state index is 13.6. The Balaban J connectivity index is 1.77. The Morgan fingerprint density at radius 3 is 2.53 bits per heavy atom. The first-order valence-electron chi connectivity index (χ1n) is 13.5. The number of carbonyl (C=O) groups is 3. The molecule has 1 heterocycles. The van der Waals surface area contributed by atoms with Gasteiger partial charge in [-0.2, -0.15) is 0 Å². The fourth-order valence-electron chi connectivity index (χ4n) is 5.27. The minimum Gasteiger partial charge on any atom is -0.369 e. The molecule has 0 bridgehead atoms. The molecule has 2 aromatic carbocycles. The van der Waals surface area contributed by atoms with Gasteiger partial charge in [0.1, 0.15) is 6.04 Å². The minimum atomic E-state index is -0.622. The van der Waals surface area contributed by atoms with Crippen LogP contribution in [0.15, 0.2) is 42.5 Å². The SMILES string of the molecule is CCC[C@H](C(N)=O)[C@@H](CC(C)C)C(=O)N[C@H]1CCCCN(Cc2cccc(-c3ccc(Cl)cc3Cl)c2)C1=O. The lowest BCUT2D eigenvalue weighted by molar-refractivity contribution is -0.139. The molecule has 0 saturated carbocycles. The van der Waals surface area contributed by atoms with E-state index in [0.29, 0.717) is 42.4 Å². The number of nitrogens with two attached hydrogens (primary N) is 1. The van der Waals surface area contributed by atoms with Crippen molar-refractivity contribution in [1.82, 2.24) is 10.2 Å². The van der Waals surface area contributed by atoms with Gasteiger partial charge < -0.3 is 16.0 Å². The number of hydrogen-bond acceptors (Lipinski definition) is 3. The number of carbonyl (C=O) groups excluding carboxylic acids is 3. The first-order valence-corrected chi connectivity index (χ1v) is 14.3. The molecular formula is C30H39Cl2N3O3. The Bertz CT molecular complexity index is 1140. The highest BCUT2D eigenvalue weighted by atomic mass is 35.5. The highest BCUT2D eigenvalue weighted by Gasteiger charge is 2.35. The van der Waals surface area contributed by atoms with Crippen LogP contribution in [0.4, 0.5) is 0 Å². The van der Waals surface area contributed by atoms with E-state index in [1.165, 1.54) is 0 Å². The van der Waals surface area contributed by atoms with Gasteiger partial charge in [-0.25, -0.2) is 0 Å². The molecule has 0 aromatic heterocycles. The standard InChI is InChI=1S/C30H39Cl2N3O3/c1-4-8-24(28(33)36)25(15-19(2)3)29(37)34-27-11-5-6-14-35(30(27)38)18-20-9-7-10-21(16-20)23-13-12-22(31)17-26(23)32/h7,9-10,12-13,16-17,19,24-25,27H,4-6,8,11,14-15,18H2,1-3H3,(H2,33,36)(H,34,37)/t24-,25+,27-/m0/s1. The summed E-state index contributed by atoms with van der Waals surface area (Å²) in [7, 11) is 0. The summed E-state index contributed by atoms with van der Waals surface area (Å²) in [5, 5.41) is 4.15. The predicted octanol–water partition coefficient (Wildman–Crippen LogP) is 6.22. The number of hydrogen-bond donors (Lipinski definition) is 2. The largest absolute Gasteiger partial charge is 0.369 e. The summed E-state index contributed by atoms with van der Waals surface area (Å²) < 4.78 is 0. The predicted molar refractivity (Wildman–Crippen MR) is 154 cm³/mol. The molecule has 1 aliphatic rings. The molecule has 206 valence electrons. The molecule has 3 rings (SSSR count). The first-order chi connectivity index (χ1) is 18.1. The van der Waals surface area contributed by atoms with Gasteiger partial charge in [0, 0.05) is 40.5 Å². The monoisotopic (exact) mass is 559 g/mol. The molecule has 8 heteroatoms. The van der Waals surface area contributed by atoms with Crippen LogP contribution in [0.1, 0.15) is 64.9 Å². The average molecular weight is 561 g/mol. The van der Waals surface area contributed by atoms with Crippen LogP contribution < -0.4 is 11.1 Å². The van der Waals surface area contributed by atoms with E-state index in [2.05, 4.69) is 5.32 Å². The smallest absolute Gasteiger partial charge is 0.245 e. The summed E-state index contributed by atoms with van der Waals surface area (Å²) in [5.41, 5.74) is 8.49. The van der Waals surface area contributed by atoms with E-state index in [4.69, 9.17) is 28.9 Å². The topological polar surface area (TPSA) is 92.5 Å². The maximum Gasteiger partial charge on any atom is 0.245 e. The fourth-order valence-corrected chi connectivity index (χ4v) is 5.79. The molecule has 0 spiro atoms. The van der Waals surface area contributed by atoms with Crippen molar-refractivity contribution in [2.45, 2.75) is 71.9 Å². The van der Waals surface area contributed by atoms with Crippen LogP contribution in [-0.4, -0.2) is 35.2 Å². The van der Waals surface area contributed by atoms with Crippen molar-refractivity contribution in [2.24, 2.45) is 23.5 Å². The van der Waals surface area contributed by atoms with E-state index in [-0.39, 0.29) is 17.7 Å². The second-order valence-corrected chi connectivity index (χ2v) is 11.5. The summed E-state index contributed by atoms with van der Waals surface area (Å²) in [6.45, 7) is 7.07. The van der Waals surface area contributed by atoms with E-state index in [1.54, 1.807) is 12.1 Å². The van der Waals surface area contributed by atoms with Crippen LogP contribution in [0.3, 0.4) is 0 Å². The van der Waals surface area contributed by atoms with Gasteiger partial charge in [-0.3, -0.25) is 14.4 Å². The van der Waals surface area contributed by atoms with Gasteiger partial charge in [0.15, 0.2) is 0 Å². The third-order valence-corrected chi connectivity index (χ3v) is 7.70. The summed E-state index contributed by atoms with van der Waals surface area (Å²) in [6, 6.07) is 12.7. The quantitative estimate of drug-likeness (QED) is 0.342. The lowest BCUT2D eigenvalue weighted by Gasteiger charge is -2.29. The van der Waals surface area contributed by atoms with Gasteiger partial charge in [0.25, 0.3) is 0 Å². The van der Waals surface area contributed by atoms with Crippen LogP contribution in [0.2, 0.25) is 10.0 Å². The van der Waals surface area contributed by atoms with Crippen LogP contribution in [-0.2, 0) is 20.9 Å². The van der Waals surface area contributed by atoms with Gasteiger partial charge in [-0.15, -0.1) is 0 Å². The van der Waals surface area contributed by atoms with Crippen LogP contribution in [0.5, 0.6) is 0 Å². The zero-order chi connectivity index (χ0) is 27.8. The second kappa shape index (κ2) is 14.0. The fraction of sp³-hybridized carbons (Fsp3) is 0.500. The van der Waals surface area contributed by atoms with E-state index in [9.17, 15) is 14.4 Å². The lowest BCUT2D eigenvalue weighted by Crippen LogP contribution is -2.50. The number of primary amides is 1. The number of amides is 3. The first kappa shape index (κ1) is 30.0. The second-order valence-electron chi connectivity index (χ2n) is 10.7. The Hall–Kier alpha value is -2.57. The molecule has 1 aliphatic heterocycles. The summed E-state index contributed by atoms with van der Waals surface area (Å²) in [5.74, 6) is -1.68. The zero-order valence-corrected chi connectivity index (χ0v) is 24.0. The summed E-state index contributed by atoms with van der Waals surface area (Å²) in [4.78, 5) is 41.0. The van der Waals surface area contributed by atoms with Gasteiger partial charge >= 0.3 is 0 Å². The Morgan fingerprint density at radius 2 is 1.87 bits per heavy atom. The number of rotatable bonds is 11. The van der Waals surface area contributed by atoms with Crippen molar-refractivity contribution in [3.63, 3.8) is 0 Å². The van der Waals surface area contributed by atoms with E-state index < -0.39 is 23.8 Å². The third-order valence-electron chi connectivity index (χ3n) is 7.15. The molecule has 3 N–H and O–H groups in total. The van der Waals surface area contributed by atoms with Crippen LogP contribution in [0.25, 0.3) is 11.1 Å². The van der Waals surface area contributed by atoms with E-state index >= 15 is 0 Å². The summed E-state index contributed by atoms with van der Waals surface area (Å²) in [6.07, 6.45) is 4.12. The molecule has 0 aliphatic carbocycles. The van der Waals surface area contributed by atoms with Crippen molar-refractivity contribution in [1.29, 1.82) is 0 Å². The highest BCUT2D eigenvalue weighted by Crippen LogP contribution is 2.31. The number of halogens is 2. The van der Waals surface area contributed by atoms with Crippen LogP contribution in [0, 0.1) is 17.8 Å². The van der Waals surface area contributed by atoms with Crippen molar-refractivity contribution < 1.29 is 14.4 Å². The molecule has 3 atom stereocenters. The normalized spacial score (nSPS) is 17.7. The van der Waals surface area contributed by atoms with Gasteiger partial charge in [0.2, 0.25) is 17.7 Å². The van der Waals surface area contributed by atoms with Crippen molar-refractivity contribution in [3.05, 3.63) is 58.1 Å². The molecule has 1 saturated heterocycles. The van der Waals surface area contributed by atoms with Gasteiger partial charge in [-0.1, -0.05) is 74.7 Å². The molecule has 3 amide bonds. The minimum absolute atomic E-state index is 0.0970. The molecule has 0 unspecified atom stereocenters. The van der Waals surface area contributed by atoms with Gasteiger partial charge in [0.05, 0.1) is 0 Å². The molecular weight excluding hydrogens is 521 g/mol. The number of benzene rings is 2. The van der Waals surface area contributed by atoms with Crippen LogP contribution >= 0.6 is 23.2 Å².